The highest BCUT2D eigenvalue weighted by atomic mass is 32.2. The quantitative estimate of drug-likeness (QED) is 0.845. The Kier molecular flexibility index (Phi) is 5.46. The van der Waals surface area contributed by atoms with Crippen molar-refractivity contribution in [3.05, 3.63) is 29.3 Å². The summed E-state index contributed by atoms with van der Waals surface area (Å²) in [6, 6.07) is 1.70. The third-order valence-electron chi connectivity index (χ3n) is 3.81. The smallest absolute Gasteiger partial charge is 0.243 e. The molecule has 0 fully saturated rings. The molecule has 0 radical (unpaired) electrons. The van der Waals surface area contributed by atoms with E-state index in [2.05, 4.69) is 4.72 Å². The Morgan fingerprint density at radius 3 is 2.33 bits per heavy atom. The van der Waals surface area contributed by atoms with Gasteiger partial charge in [0.2, 0.25) is 10.0 Å². The van der Waals surface area contributed by atoms with E-state index in [1.807, 2.05) is 27.7 Å². The van der Waals surface area contributed by atoms with Crippen LogP contribution in [0.3, 0.4) is 0 Å². The second-order valence-corrected chi connectivity index (χ2v) is 7.75. The first-order valence-corrected chi connectivity index (χ1v) is 8.08. The van der Waals surface area contributed by atoms with Crippen molar-refractivity contribution in [3.8, 4) is 0 Å². The first kappa shape index (κ1) is 18.0. The van der Waals surface area contributed by atoms with Gasteiger partial charge in [0.15, 0.2) is 11.6 Å². The third kappa shape index (κ3) is 4.21. The van der Waals surface area contributed by atoms with Gasteiger partial charge in [-0.25, -0.2) is 21.9 Å². The number of nitrogens with one attached hydrogen (secondary N) is 1. The van der Waals surface area contributed by atoms with Crippen molar-refractivity contribution in [3.63, 3.8) is 0 Å². The number of hydrogen-bond donors (Lipinski definition) is 2. The minimum absolute atomic E-state index is 0.00241. The topological polar surface area (TPSA) is 66.4 Å². The van der Waals surface area contributed by atoms with Gasteiger partial charge in [0.05, 0.1) is 6.61 Å². The predicted molar refractivity (Wildman–Crippen MR) is 76.1 cm³/mol. The molecule has 21 heavy (non-hydrogen) atoms. The summed E-state index contributed by atoms with van der Waals surface area (Å²) in [6.45, 7) is 7.17. The summed E-state index contributed by atoms with van der Waals surface area (Å²) in [7, 11) is -4.19. The van der Waals surface area contributed by atoms with Gasteiger partial charge in [0.1, 0.15) is 4.90 Å². The van der Waals surface area contributed by atoms with Gasteiger partial charge in [-0.3, -0.25) is 0 Å². The molecule has 0 aliphatic carbocycles. The first-order chi connectivity index (χ1) is 9.51. The van der Waals surface area contributed by atoms with Crippen LogP contribution in [0.1, 0.15) is 33.3 Å². The third-order valence-corrected chi connectivity index (χ3v) is 5.21. The number of benzene rings is 1. The van der Waals surface area contributed by atoms with Gasteiger partial charge in [0, 0.05) is 6.54 Å². The minimum atomic E-state index is -4.19. The van der Waals surface area contributed by atoms with Crippen LogP contribution in [-0.2, 0) is 16.6 Å². The van der Waals surface area contributed by atoms with E-state index in [9.17, 15) is 17.2 Å². The number of aliphatic hydroxyl groups is 1. The summed E-state index contributed by atoms with van der Waals surface area (Å²) in [5.74, 6) is -2.54. The molecule has 1 aromatic rings. The zero-order chi connectivity index (χ0) is 16.4. The van der Waals surface area contributed by atoms with E-state index < -0.39 is 33.2 Å². The molecule has 0 spiro atoms. The monoisotopic (exact) mass is 321 g/mol. The Morgan fingerprint density at radius 2 is 1.86 bits per heavy atom. The maximum Gasteiger partial charge on any atom is 0.243 e. The molecule has 0 aliphatic rings. The van der Waals surface area contributed by atoms with Crippen LogP contribution in [0.2, 0.25) is 0 Å². The van der Waals surface area contributed by atoms with Crippen LogP contribution in [0.4, 0.5) is 8.78 Å². The van der Waals surface area contributed by atoms with Crippen molar-refractivity contribution in [1.82, 2.24) is 4.72 Å². The number of hydrogen-bond acceptors (Lipinski definition) is 3. The summed E-state index contributed by atoms with van der Waals surface area (Å²) in [6.07, 6.45) is 0. The van der Waals surface area contributed by atoms with E-state index >= 15 is 0 Å². The highest BCUT2D eigenvalue weighted by molar-refractivity contribution is 7.89. The van der Waals surface area contributed by atoms with Crippen molar-refractivity contribution < 1.29 is 22.3 Å². The molecule has 4 nitrogen and oxygen atoms in total. The minimum Gasteiger partial charge on any atom is -0.392 e. The summed E-state index contributed by atoms with van der Waals surface area (Å²) >= 11 is 0. The van der Waals surface area contributed by atoms with Gasteiger partial charge >= 0.3 is 0 Å². The van der Waals surface area contributed by atoms with Crippen LogP contribution >= 0.6 is 0 Å². The molecule has 0 saturated heterocycles. The lowest BCUT2D eigenvalue weighted by Gasteiger charge is -2.29. The molecule has 120 valence electrons. The lowest BCUT2D eigenvalue weighted by atomic mass is 9.81. The summed E-state index contributed by atoms with van der Waals surface area (Å²) in [4.78, 5) is -0.786. The fraction of sp³-hybridized carbons (Fsp3) is 0.571. The molecule has 0 heterocycles. The highest BCUT2D eigenvalue weighted by Crippen LogP contribution is 2.26. The van der Waals surface area contributed by atoms with Crippen molar-refractivity contribution in [2.75, 3.05) is 6.54 Å². The van der Waals surface area contributed by atoms with E-state index in [1.54, 1.807) is 0 Å². The molecule has 0 unspecified atom stereocenters. The molecule has 0 saturated carbocycles. The van der Waals surface area contributed by atoms with Crippen LogP contribution in [0.25, 0.3) is 0 Å². The summed E-state index contributed by atoms with van der Waals surface area (Å²) in [5.41, 5.74) is -0.339. The zero-order valence-electron chi connectivity index (χ0n) is 12.6. The molecule has 1 rings (SSSR count). The lowest BCUT2D eigenvalue weighted by Crippen LogP contribution is -2.37. The molecule has 0 amide bonds. The number of aliphatic hydroxyl groups excluding tert-OH is 1. The Hall–Kier alpha value is -1.05. The van der Waals surface area contributed by atoms with Gasteiger partial charge in [-0.1, -0.05) is 27.7 Å². The number of rotatable bonds is 6. The number of sulfonamides is 1. The average Bonchev–Trinajstić information content (AvgIpc) is 2.39. The molecule has 0 atom stereocenters. The molecule has 0 aromatic heterocycles. The largest absolute Gasteiger partial charge is 0.392 e. The number of halogens is 2. The molecular formula is C14H21F2NO3S. The maximum atomic E-state index is 13.7. The molecule has 0 bridgehead atoms. The Morgan fingerprint density at radius 1 is 1.29 bits per heavy atom. The van der Waals surface area contributed by atoms with Gasteiger partial charge in [0.25, 0.3) is 0 Å². The Labute approximate surface area is 124 Å². The second kappa shape index (κ2) is 6.37. The SMILES string of the molecule is CC(C)C(C)(C)CNS(=O)(=O)c1cc(CO)cc(F)c1F. The van der Waals surface area contributed by atoms with Crippen LogP contribution < -0.4 is 4.72 Å². The van der Waals surface area contributed by atoms with Gasteiger partial charge in [-0.15, -0.1) is 0 Å². The van der Waals surface area contributed by atoms with E-state index in [0.29, 0.717) is 0 Å². The molecule has 1 aromatic carbocycles. The van der Waals surface area contributed by atoms with Gasteiger partial charge in [-0.2, -0.15) is 0 Å². The fourth-order valence-corrected chi connectivity index (χ4v) is 2.82. The standard InChI is InChI=1S/C14H21F2NO3S/c1-9(2)14(3,4)8-17-21(19,20)12-6-10(7-18)5-11(15)13(12)16/h5-6,9,17-18H,7-8H2,1-4H3. The fourth-order valence-electron chi connectivity index (χ4n) is 1.47. The van der Waals surface area contributed by atoms with Crippen molar-refractivity contribution in [2.45, 2.75) is 39.2 Å². The maximum absolute atomic E-state index is 13.7. The zero-order valence-corrected chi connectivity index (χ0v) is 13.4. The predicted octanol–water partition coefficient (Wildman–Crippen LogP) is 2.42. The second-order valence-electron chi connectivity index (χ2n) is 6.02. The molecule has 2 N–H and O–H groups in total. The highest BCUT2D eigenvalue weighted by Gasteiger charge is 2.28. The summed E-state index contributed by atoms with van der Waals surface area (Å²) < 4.78 is 53.7. The van der Waals surface area contributed by atoms with Crippen LogP contribution in [0.5, 0.6) is 0 Å². The van der Waals surface area contributed by atoms with E-state index in [4.69, 9.17) is 5.11 Å². The molecular weight excluding hydrogens is 300 g/mol. The van der Waals surface area contributed by atoms with E-state index in [0.717, 1.165) is 12.1 Å². The van der Waals surface area contributed by atoms with Crippen molar-refractivity contribution in [1.29, 1.82) is 0 Å². The molecule has 0 aliphatic heterocycles. The van der Waals surface area contributed by atoms with Crippen LogP contribution in [-0.4, -0.2) is 20.1 Å². The van der Waals surface area contributed by atoms with Crippen LogP contribution in [0, 0.1) is 23.0 Å². The van der Waals surface area contributed by atoms with Crippen molar-refractivity contribution in [2.24, 2.45) is 11.3 Å². The first-order valence-electron chi connectivity index (χ1n) is 6.59. The van der Waals surface area contributed by atoms with Gasteiger partial charge in [-0.05, 0) is 29.0 Å². The Bertz CT molecular complexity index is 613. The normalized spacial score (nSPS) is 13.0. The molecule has 7 heteroatoms. The lowest BCUT2D eigenvalue weighted by molar-refractivity contribution is 0.252. The van der Waals surface area contributed by atoms with E-state index in [1.165, 1.54) is 0 Å². The van der Waals surface area contributed by atoms with E-state index in [-0.39, 0.29) is 23.4 Å². The average molecular weight is 321 g/mol. The van der Waals surface area contributed by atoms with Gasteiger partial charge < -0.3 is 5.11 Å². The summed E-state index contributed by atoms with van der Waals surface area (Å²) in [5, 5.41) is 8.97. The Balaban J connectivity index is 3.12. The van der Waals surface area contributed by atoms with Crippen LogP contribution in [0.15, 0.2) is 17.0 Å². The van der Waals surface area contributed by atoms with Crippen molar-refractivity contribution >= 4 is 10.0 Å².